The molecule has 0 amide bonds. The van der Waals surface area contributed by atoms with Crippen LogP contribution in [0.4, 0.5) is 0 Å². The van der Waals surface area contributed by atoms with Gasteiger partial charge in [-0.3, -0.25) is 0 Å². The van der Waals surface area contributed by atoms with E-state index in [0.29, 0.717) is 19.1 Å². The molecule has 1 unspecified atom stereocenters. The van der Waals surface area contributed by atoms with E-state index in [-0.39, 0.29) is 6.04 Å². The van der Waals surface area contributed by atoms with Crippen LogP contribution in [0.5, 0.6) is 0 Å². The molecule has 0 aromatic heterocycles. The quantitative estimate of drug-likeness (QED) is 0.928. The van der Waals surface area contributed by atoms with Gasteiger partial charge in [0.15, 0.2) is 0 Å². The van der Waals surface area contributed by atoms with Crippen LogP contribution >= 0.6 is 11.6 Å². The van der Waals surface area contributed by atoms with Gasteiger partial charge in [-0.05, 0) is 31.4 Å². The van der Waals surface area contributed by atoms with Gasteiger partial charge in [-0.25, -0.2) is 12.7 Å². The van der Waals surface area contributed by atoms with Crippen molar-refractivity contribution < 1.29 is 8.42 Å². The summed E-state index contributed by atoms with van der Waals surface area (Å²) in [6.07, 6.45) is 2.94. The van der Waals surface area contributed by atoms with Gasteiger partial charge in [0.1, 0.15) is 0 Å². The molecule has 4 nitrogen and oxygen atoms in total. The Morgan fingerprint density at radius 1 is 1.30 bits per heavy atom. The number of benzene rings is 1. The lowest BCUT2D eigenvalue weighted by atomic mass is 10.0. The van der Waals surface area contributed by atoms with Crippen molar-refractivity contribution in [1.82, 2.24) is 9.62 Å². The minimum atomic E-state index is -3.05. The SMILES string of the molecule is CC(NC1CCN(S(C)(=O)=O)CC1)c1ccccc1Cl. The minimum Gasteiger partial charge on any atom is -0.307 e. The molecule has 0 spiro atoms. The summed E-state index contributed by atoms with van der Waals surface area (Å²) in [5.41, 5.74) is 1.08. The number of piperidine rings is 1. The van der Waals surface area contributed by atoms with Crippen molar-refractivity contribution in [1.29, 1.82) is 0 Å². The predicted molar refractivity (Wildman–Crippen MR) is 82.4 cm³/mol. The van der Waals surface area contributed by atoms with E-state index in [0.717, 1.165) is 23.4 Å². The molecule has 1 heterocycles. The van der Waals surface area contributed by atoms with E-state index in [1.807, 2.05) is 24.3 Å². The van der Waals surface area contributed by atoms with Crippen LogP contribution in [0.2, 0.25) is 5.02 Å². The normalized spacial score (nSPS) is 19.9. The zero-order chi connectivity index (χ0) is 14.8. The van der Waals surface area contributed by atoms with E-state index >= 15 is 0 Å². The molecule has 1 N–H and O–H groups in total. The molecule has 1 aliphatic heterocycles. The Morgan fingerprint density at radius 3 is 2.45 bits per heavy atom. The minimum absolute atomic E-state index is 0.165. The van der Waals surface area contributed by atoms with Crippen molar-refractivity contribution in [3.63, 3.8) is 0 Å². The molecule has 1 aliphatic rings. The van der Waals surface area contributed by atoms with Gasteiger partial charge in [0.05, 0.1) is 6.26 Å². The third-order valence-corrected chi connectivity index (χ3v) is 5.43. The third-order valence-electron chi connectivity index (χ3n) is 3.78. The molecule has 0 aliphatic carbocycles. The summed E-state index contributed by atoms with van der Waals surface area (Å²) in [7, 11) is -3.05. The number of sulfonamides is 1. The molecule has 1 saturated heterocycles. The fourth-order valence-corrected chi connectivity index (χ4v) is 3.80. The first-order chi connectivity index (χ1) is 9.38. The van der Waals surface area contributed by atoms with Crippen molar-refractivity contribution in [2.45, 2.75) is 31.8 Å². The van der Waals surface area contributed by atoms with Crippen LogP contribution in [0.25, 0.3) is 0 Å². The Labute approximate surface area is 126 Å². The van der Waals surface area contributed by atoms with Crippen LogP contribution in [0.1, 0.15) is 31.4 Å². The van der Waals surface area contributed by atoms with Gasteiger partial charge in [-0.15, -0.1) is 0 Å². The summed E-state index contributed by atoms with van der Waals surface area (Å²) in [6.45, 7) is 3.27. The van der Waals surface area contributed by atoms with Crippen molar-refractivity contribution in [3.05, 3.63) is 34.9 Å². The Bertz CT molecular complexity index is 554. The zero-order valence-corrected chi connectivity index (χ0v) is 13.4. The second kappa shape index (κ2) is 6.43. The van der Waals surface area contributed by atoms with E-state index in [4.69, 9.17) is 11.6 Å². The Kier molecular flexibility index (Phi) is 5.07. The van der Waals surface area contributed by atoms with Crippen LogP contribution in [0, 0.1) is 0 Å². The van der Waals surface area contributed by atoms with E-state index in [9.17, 15) is 8.42 Å². The number of hydrogen-bond acceptors (Lipinski definition) is 3. The summed E-state index contributed by atoms with van der Waals surface area (Å²) in [6, 6.07) is 8.31. The van der Waals surface area contributed by atoms with E-state index in [1.54, 1.807) is 4.31 Å². The van der Waals surface area contributed by atoms with Gasteiger partial charge < -0.3 is 5.32 Å². The lowest BCUT2D eigenvalue weighted by Crippen LogP contribution is -2.45. The van der Waals surface area contributed by atoms with Gasteiger partial charge in [-0.2, -0.15) is 0 Å². The average molecular weight is 317 g/mol. The van der Waals surface area contributed by atoms with Crippen LogP contribution in [0.15, 0.2) is 24.3 Å². The molecule has 0 radical (unpaired) electrons. The molecule has 112 valence electrons. The molecule has 0 saturated carbocycles. The van der Waals surface area contributed by atoms with Crippen LogP contribution < -0.4 is 5.32 Å². The van der Waals surface area contributed by atoms with Crippen LogP contribution in [-0.2, 0) is 10.0 Å². The molecule has 1 atom stereocenters. The topological polar surface area (TPSA) is 49.4 Å². The van der Waals surface area contributed by atoms with Gasteiger partial charge in [0.25, 0.3) is 0 Å². The number of nitrogens with one attached hydrogen (secondary N) is 1. The number of rotatable bonds is 4. The number of halogens is 1. The van der Waals surface area contributed by atoms with Crippen LogP contribution in [0.3, 0.4) is 0 Å². The highest BCUT2D eigenvalue weighted by molar-refractivity contribution is 7.88. The van der Waals surface area contributed by atoms with E-state index in [1.165, 1.54) is 6.26 Å². The summed E-state index contributed by atoms with van der Waals surface area (Å²) in [4.78, 5) is 0. The van der Waals surface area contributed by atoms with Crippen molar-refractivity contribution >= 4 is 21.6 Å². The molecule has 6 heteroatoms. The molecular formula is C14H21ClN2O2S. The monoisotopic (exact) mass is 316 g/mol. The Hall–Kier alpha value is -0.620. The van der Waals surface area contributed by atoms with Gasteiger partial charge in [0.2, 0.25) is 10.0 Å². The molecule has 2 rings (SSSR count). The Balaban J connectivity index is 1.91. The predicted octanol–water partition coefficient (Wildman–Crippen LogP) is 2.41. The van der Waals surface area contributed by atoms with Crippen molar-refractivity contribution in [2.75, 3.05) is 19.3 Å². The summed E-state index contributed by atoms with van der Waals surface area (Å²) < 4.78 is 24.5. The van der Waals surface area contributed by atoms with Crippen LogP contribution in [-0.4, -0.2) is 38.1 Å². The van der Waals surface area contributed by atoms with Crippen molar-refractivity contribution in [3.8, 4) is 0 Å². The van der Waals surface area contributed by atoms with Gasteiger partial charge in [0, 0.05) is 30.2 Å². The first-order valence-corrected chi connectivity index (χ1v) is 9.06. The molecule has 0 bridgehead atoms. The van der Waals surface area contributed by atoms with E-state index < -0.39 is 10.0 Å². The first kappa shape index (κ1) is 15.8. The summed E-state index contributed by atoms with van der Waals surface area (Å²) in [5, 5.41) is 4.31. The highest BCUT2D eigenvalue weighted by Gasteiger charge is 2.25. The molecular weight excluding hydrogens is 296 g/mol. The third kappa shape index (κ3) is 3.95. The zero-order valence-electron chi connectivity index (χ0n) is 11.8. The maximum atomic E-state index is 11.5. The first-order valence-electron chi connectivity index (χ1n) is 6.83. The molecule has 20 heavy (non-hydrogen) atoms. The highest BCUT2D eigenvalue weighted by Crippen LogP contribution is 2.24. The highest BCUT2D eigenvalue weighted by atomic mass is 35.5. The van der Waals surface area contributed by atoms with Gasteiger partial charge >= 0.3 is 0 Å². The van der Waals surface area contributed by atoms with Gasteiger partial charge in [-0.1, -0.05) is 29.8 Å². The largest absolute Gasteiger partial charge is 0.307 e. The van der Waals surface area contributed by atoms with Crippen molar-refractivity contribution in [2.24, 2.45) is 0 Å². The lowest BCUT2D eigenvalue weighted by Gasteiger charge is -2.32. The Morgan fingerprint density at radius 2 is 1.90 bits per heavy atom. The standard InChI is InChI=1S/C14H21ClN2O2S/c1-11(13-5-3-4-6-14(13)15)16-12-7-9-17(10-8-12)20(2,18)19/h3-6,11-12,16H,7-10H2,1-2H3. The lowest BCUT2D eigenvalue weighted by molar-refractivity contribution is 0.278. The average Bonchev–Trinajstić information content (AvgIpc) is 2.38. The maximum absolute atomic E-state index is 11.5. The second-order valence-corrected chi connectivity index (χ2v) is 7.74. The van der Waals surface area contributed by atoms with E-state index in [2.05, 4.69) is 12.2 Å². The number of nitrogens with zero attached hydrogens (tertiary/aromatic N) is 1. The maximum Gasteiger partial charge on any atom is 0.211 e. The fraction of sp³-hybridized carbons (Fsp3) is 0.571. The summed E-state index contributed by atoms with van der Waals surface area (Å²) >= 11 is 6.19. The molecule has 1 fully saturated rings. The smallest absolute Gasteiger partial charge is 0.211 e. The fourth-order valence-electron chi connectivity index (χ4n) is 2.62. The second-order valence-electron chi connectivity index (χ2n) is 5.35. The summed E-state index contributed by atoms with van der Waals surface area (Å²) in [5.74, 6) is 0. The molecule has 1 aromatic carbocycles. The number of hydrogen-bond donors (Lipinski definition) is 1. The molecule has 1 aromatic rings.